The molecule has 4 aromatic rings. The second-order valence-electron chi connectivity index (χ2n) is 6.76. The van der Waals surface area contributed by atoms with E-state index in [4.69, 9.17) is 9.15 Å². The fraction of sp³-hybridized carbons (Fsp3) is 0.125. The SMILES string of the molecule is CCNC(=O)COC(=O)C=Cc1cn(-c2ccccc2)nc1-c1cc2ccccc2o1. The van der Waals surface area contributed by atoms with E-state index < -0.39 is 5.97 Å². The standard InChI is InChI=1S/C24H21N3O4/c1-2-25-22(28)16-30-23(29)13-12-18-15-27(19-9-4-3-5-10-19)26-24(18)21-14-17-8-6-7-11-20(17)31-21/h3-15H,2,16H2,1H3,(H,25,28). The van der Waals surface area contributed by atoms with Gasteiger partial charge in [-0.1, -0.05) is 36.4 Å². The molecule has 0 saturated carbocycles. The lowest BCUT2D eigenvalue weighted by Gasteiger charge is -2.01. The van der Waals surface area contributed by atoms with Gasteiger partial charge in [-0.2, -0.15) is 5.10 Å². The van der Waals surface area contributed by atoms with Gasteiger partial charge in [0, 0.05) is 29.8 Å². The Balaban J connectivity index is 1.64. The van der Waals surface area contributed by atoms with Crippen molar-refractivity contribution in [1.82, 2.24) is 15.1 Å². The first-order chi connectivity index (χ1) is 15.1. The Morgan fingerprint density at radius 1 is 1.13 bits per heavy atom. The lowest BCUT2D eigenvalue weighted by Crippen LogP contribution is -2.28. The van der Waals surface area contributed by atoms with E-state index in [9.17, 15) is 9.59 Å². The van der Waals surface area contributed by atoms with Gasteiger partial charge in [-0.05, 0) is 37.3 Å². The number of amides is 1. The van der Waals surface area contributed by atoms with E-state index >= 15 is 0 Å². The highest BCUT2D eigenvalue weighted by atomic mass is 16.5. The highest BCUT2D eigenvalue weighted by Crippen LogP contribution is 2.30. The van der Waals surface area contributed by atoms with Crippen LogP contribution in [0, 0.1) is 0 Å². The number of carbonyl (C=O) groups excluding carboxylic acids is 2. The first kappa shape index (κ1) is 20.2. The van der Waals surface area contributed by atoms with E-state index in [2.05, 4.69) is 10.4 Å². The number of hydrogen-bond donors (Lipinski definition) is 1. The van der Waals surface area contributed by atoms with Gasteiger partial charge in [-0.25, -0.2) is 9.48 Å². The molecule has 0 unspecified atom stereocenters. The van der Waals surface area contributed by atoms with Crippen LogP contribution in [0.3, 0.4) is 0 Å². The zero-order valence-electron chi connectivity index (χ0n) is 16.9. The number of fused-ring (bicyclic) bond motifs is 1. The fourth-order valence-corrected chi connectivity index (χ4v) is 3.10. The van der Waals surface area contributed by atoms with Crippen molar-refractivity contribution in [2.75, 3.05) is 13.2 Å². The van der Waals surface area contributed by atoms with Gasteiger partial charge in [0.15, 0.2) is 12.4 Å². The molecule has 0 aliphatic rings. The van der Waals surface area contributed by atoms with Crippen LogP contribution in [-0.4, -0.2) is 34.8 Å². The smallest absolute Gasteiger partial charge is 0.331 e. The molecule has 0 atom stereocenters. The van der Waals surface area contributed by atoms with Gasteiger partial charge in [0.25, 0.3) is 5.91 Å². The molecule has 1 amide bonds. The van der Waals surface area contributed by atoms with E-state index in [1.807, 2.05) is 66.9 Å². The number of likely N-dealkylation sites (N-methyl/N-ethyl adjacent to an activating group) is 1. The number of hydrogen-bond acceptors (Lipinski definition) is 5. The number of benzene rings is 2. The predicted molar refractivity (Wildman–Crippen MR) is 117 cm³/mol. The molecule has 0 fully saturated rings. The third-order valence-electron chi connectivity index (χ3n) is 4.54. The van der Waals surface area contributed by atoms with Gasteiger partial charge >= 0.3 is 5.97 Å². The maximum atomic E-state index is 12.1. The highest BCUT2D eigenvalue weighted by Gasteiger charge is 2.15. The summed E-state index contributed by atoms with van der Waals surface area (Å²) in [5, 5.41) is 8.21. The summed E-state index contributed by atoms with van der Waals surface area (Å²) in [6.45, 7) is 1.95. The zero-order valence-corrected chi connectivity index (χ0v) is 16.9. The molecule has 0 bridgehead atoms. The number of nitrogens with one attached hydrogen (secondary N) is 1. The van der Waals surface area contributed by atoms with Gasteiger partial charge in [0.1, 0.15) is 11.3 Å². The molecule has 0 spiro atoms. The molecular formula is C24H21N3O4. The maximum absolute atomic E-state index is 12.1. The Hall–Kier alpha value is -4.13. The average molecular weight is 415 g/mol. The van der Waals surface area contributed by atoms with Crippen LogP contribution in [0.15, 0.2) is 77.4 Å². The molecule has 0 aliphatic heterocycles. The number of aromatic nitrogens is 2. The van der Waals surface area contributed by atoms with Crippen molar-refractivity contribution >= 4 is 28.9 Å². The molecule has 7 heteroatoms. The van der Waals surface area contributed by atoms with Crippen molar-refractivity contribution in [1.29, 1.82) is 0 Å². The van der Waals surface area contributed by atoms with Crippen molar-refractivity contribution in [3.63, 3.8) is 0 Å². The van der Waals surface area contributed by atoms with Crippen LogP contribution in [0.4, 0.5) is 0 Å². The predicted octanol–water partition coefficient (Wildman–Crippen LogP) is 3.98. The third kappa shape index (κ3) is 4.72. The van der Waals surface area contributed by atoms with Crippen molar-refractivity contribution in [3.8, 4) is 17.1 Å². The first-order valence-corrected chi connectivity index (χ1v) is 9.89. The lowest BCUT2D eigenvalue weighted by atomic mass is 10.2. The van der Waals surface area contributed by atoms with Crippen LogP contribution >= 0.6 is 0 Å². The summed E-state index contributed by atoms with van der Waals surface area (Å²) >= 11 is 0. The summed E-state index contributed by atoms with van der Waals surface area (Å²) in [6, 6.07) is 19.3. The Morgan fingerprint density at radius 3 is 2.68 bits per heavy atom. The van der Waals surface area contributed by atoms with Crippen molar-refractivity contribution in [3.05, 3.63) is 78.5 Å². The number of furan rings is 1. The summed E-state index contributed by atoms with van der Waals surface area (Å²) < 4.78 is 12.7. The van der Waals surface area contributed by atoms with Crippen molar-refractivity contribution in [2.24, 2.45) is 0 Å². The molecule has 0 saturated heterocycles. The van der Waals surface area contributed by atoms with E-state index in [-0.39, 0.29) is 12.5 Å². The molecule has 2 aromatic carbocycles. The van der Waals surface area contributed by atoms with E-state index in [0.717, 1.165) is 16.7 Å². The number of ether oxygens (including phenoxy) is 1. The number of para-hydroxylation sites is 2. The highest BCUT2D eigenvalue weighted by molar-refractivity contribution is 5.91. The molecule has 0 radical (unpaired) electrons. The maximum Gasteiger partial charge on any atom is 0.331 e. The molecule has 0 aliphatic carbocycles. The lowest BCUT2D eigenvalue weighted by molar-refractivity contribution is -0.143. The fourth-order valence-electron chi connectivity index (χ4n) is 3.10. The van der Waals surface area contributed by atoms with Gasteiger partial charge in [0.05, 0.1) is 5.69 Å². The summed E-state index contributed by atoms with van der Waals surface area (Å²) in [4.78, 5) is 23.5. The summed E-state index contributed by atoms with van der Waals surface area (Å²) in [7, 11) is 0. The summed E-state index contributed by atoms with van der Waals surface area (Å²) in [5.74, 6) is -0.371. The van der Waals surface area contributed by atoms with E-state index in [1.54, 1.807) is 17.7 Å². The molecule has 2 heterocycles. The second kappa shape index (κ2) is 9.13. The third-order valence-corrected chi connectivity index (χ3v) is 4.54. The van der Waals surface area contributed by atoms with Gasteiger partial charge in [-0.3, -0.25) is 4.79 Å². The van der Waals surface area contributed by atoms with E-state index in [1.165, 1.54) is 6.08 Å². The van der Waals surface area contributed by atoms with Gasteiger partial charge in [0.2, 0.25) is 0 Å². The summed E-state index contributed by atoms with van der Waals surface area (Å²) in [6.07, 6.45) is 4.69. The Morgan fingerprint density at radius 2 is 1.90 bits per heavy atom. The molecule has 156 valence electrons. The van der Waals surface area contributed by atoms with Crippen molar-refractivity contribution in [2.45, 2.75) is 6.92 Å². The second-order valence-corrected chi connectivity index (χ2v) is 6.76. The first-order valence-electron chi connectivity index (χ1n) is 9.89. The quantitative estimate of drug-likeness (QED) is 0.364. The minimum atomic E-state index is -0.616. The zero-order chi connectivity index (χ0) is 21.6. The van der Waals surface area contributed by atoms with E-state index in [0.29, 0.717) is 23.6 Å². The minimum absolute atomic E-state index is 0.323. The molecule has 1 N–H and O–H groups in total. The van der Waals surface area contributed by atoms with Crippen LogP contribution in [0.25, 0.3) is 34.2 Å². The normalized spacial score (nSPS) is 11.1. The van der Waals surface area contributed by atoms with Gasteiger partial charge in [-0.15, -0.1) is 0 Å². The van der Waals surface area contributed by atoms with Crippen LogP contribution in [0.5, 0.6) is 0 Å². The van der Waals surface area contributed by atoms with Crippen LogP contribution in [-0.2, 0) is 14.3 Å². The Kier molecular flexibility index (Phi) is 5.93. The van der Waals surface area contributed by atoms with Gasteiger partial charge < -0.3 is 14.5 Å². The largest absolute Gasteiger partial charge is 0.454 e. The number of rotatable bonds is 7. The van der Waals surface area contributed by atoms with Crippen LogP contribution in [0.2, 0.25) is 0 Å². The molecule has 4 rings (SSSR count). The summed E-state index contributed by atoms with van der Waals surface area (Å²) in [5.41, 5.74) is 2.90. The number of nitrogens with zero attached hydrogens (tertiary/aromatic N) is 2. The number of esters is 1. The molecule has 31 heavy (non-hydrogen) atoms. The minimum Gasteiger partial charge on any atom is -0.454 e. The average Bonchev–Trinajstić information content (AvgIpc) is 3.41. The van der Waals surface area contributed by atoms with Crippen LogP contribution in [0.1, 0.15) is 12.5 Å². The monoisotopic (exact) mass is 415 g/mol. The number of carbonyl (C=O) groups is 2. The Bertz CT molecular complexity index is 1210. The molecular weight excluding hydrogens is 394 g/mol. The van der Waals surface area contributed by atoms with Crippen molar-refractivity contribution < 1.29 is 18.7 Å². The topological polar surface area (TPSA) is 86.4 Å². The Labute approximate surface area is 178 Å². The molecule has 7 nitrogen and oxygen atoms in total. The van der Waals surface area contributed by atoms with Crippen LogP contribution < -0.4 is 5.32 Å². The molecule has 2 aromatic heterocycles.